The normalized spacial score (nSPS) is 17.6. The number of aliphatic hydroxyl groups is 1. The molecular weight excluding hydrogens is 216 g/mol. The van der Waals surface area contributed by atoms with Crippen molar-refractivity contribution in [1.29, 1.82) is 0 Å². The van der Waals surface area contributed by atoms with E-state index in [9.17, 15) is 5.11 Å². The van der Waals surface area contributed by atoms with Gasteiger partial charge in [-0.15, -0.1) is 0 Å². The number of hydrogen-bond acceptors (Lipinski definition) is 3. The molecule has 4 nitrogen and oxygen atoms in total. The lowest BCUT2D eigenvalue weighted by Crippen LogP contribution is -2.22. The third kappa shape index (κ3) is 2.38. The number of rotatable bonds is 4. The van der Waals surface area contributed by atoms with Crippen LogP contribution in [0.4, 0.5) is 0 Å². The molecule has 0 saturated carbocycles. The van der Waals surface area contributed by atoms with Crippen molar-refractivity contribution in [3.8, 4) is 0 Å². The Hall–Kier alpha value is -0.870. The van der Waals surface area contributed by atoms with Crippen LogP contribution in [-0.4, -0.2) is 28.1 Å². The van der Waals surface area contributed by atoms with E-state index in [1.165, 1.54) is 5.69 Å². The number of aliphatic hydroxyl groups excluding tert-OH is 1. The molecule has 2 rings (SSSR count). The molecule has 96 valence electrons. The number of nitrogens with zero attached hydrogens (tertiary/aromatic N) is 2. The summed E-state index contributed by atoms with van der Waals surface area (Å²) >= 11 is 0. The van der Waals surface area contributed by atoms with Crippen molar-refractivity contribution in [2.75, 3.05) is 13.2 Å². The molecule has 0 bridgehead atoms. The van der Waals surface area contributed by atoms with Gasteiger partial charge in [0.05, 0.1) is 18.3 Å². The Labute approximate surface area is 103 Å². The van der Waals surface area contributed by atoms with Crippen LogP contribution in [0, 0.1) is 0 Å². The van der Waals surface area contributed by atoms with Gasteiger partial charge in [0.1, 0.15) is 0 Å². The fraction of sp³-hybridized carbons (Fsp3) is 0.769. The lowest BCUT2D eigenvalue weighted by atomic mass is 10.1. The molecule has 0 radical (unpaired) electrons. The molecule has 17 heavy (non-hydrogen) atoms. The largest absolute Gasteiger partial charge is 0.392 e. The van der Waals surface area contributed by atoms with Gasteiger partial charge in [-0.05, 0) is 25.7 Å². The molecule has 2 heterocycles. The number of aryl methyl sites for hydroxylation is 1. The van der Waals surface area contributed by atoms with Gasteiger partial charge in [-0.1, -0.05) is 13.8 Å². The second-order valence-electron chi connectivity index (χ2n) is 4.53. The molecular formula is C13H22N2O2. The van der Waals surface area contributed by atoms with E-state index in [1.807, 2.05) is 0 Å². The van der Waals surface area contributed by atoms with Crippen LogP contribution in [0.25, 0.3) is 0 Å². The van der Waals surface area contributed by atoms with Crippen molar-refractivity contribution < 1.29 is 9.84 Å². The first-order valence-corrected chi connectivity index (χ1v) is 6.59. The zero-order valence-electron chi connectivity index (χ0n) is 10.8. The van der Waals surface area contributed by atoms with Gasteiger partial charge in [-0.2, -0.15) is 5.10 Å². The summed E-state index contributed by atoms with van der Waals surface area (Å²) in [6.07, 6.45) is 3.88. The Kier molecular flexibility index (Phi) is 4.18. The summed E-state index contributed by atoms with van der Waals surface area (Å²) in [6, 6.07) is 0.448. The maximum absolute atomic E-state index is 9.50. The zero-order chi connectivity index (χ0) is 12.3. The highest BCUT2D eigenvalue weighted by Crippen LogP contribution is 2.26. The van der Waals surface area contributed by atoms with Crippen LogP contribution in [0.1, 0.15) is 49.7 Å². The summed E-state index contributed by atoms with van der Waals surface area (Å²) in [6.45, 7) is 5.98. The fourth-order valence-electron chi connectivity index (χ4n) is 2.63. The number of hydrogen-bond donors (Lipinski definition) is 1. The zero-order valence-corrected chi connectivity index (χ0v) is 10.8. The summed E-state index contributed by atoms with van der Waals surface area (Å²) in [4.78, 5) is 0. The SMILES string of the molecule is CCc1nn(C2CCOCC2)c(CC)c1CO. The molecule has 0 atom stereocenters. The molecule has 0 aliphatic carbocycles. The highest BCUT2D eigenvalue weighted by Gasteiger charge is 2.22. The Morgan fingerprint density at radius 1 is 1.29 bits per heavy atom. The standard InChI is InChI=1S/C13H22N2O2/c1-3-12-11(9-16)13(4-2)15(14-12)10-5-7-17-8-6-10/h10,16H,3-9H2,1-2H3. The van der Waals surface area contributed by atoms with E-state index in [0.717, 1.165) is 50.2 Å². The average molecular weight is 238 g/mol. The second kappa shape index (κ2) is 5.65. The third-order valence-electron chi connectivity index (χ3n) is 3.57. The first-order valence-electron chi connectivity index (χ1n) is 6.59. The van der Waals surface area contributed by atoms with E-state index in [1.54, 1.807) is 0 Å². The van der Waals surface area contributed by atoms with E-state index in [2.05, 4.69) is 18.5 Å². The molecule has 0 unspecified atom stereocenters. The molecule has 1 aromatic rings. The topological polar surface area (TPSA) is 47.3 Å². The van der Waals surface area contributed by atoms with Crippen LogP contribution < -0.4 is 0 Å². The maximum Gasteiger partial charge on any atom is 0.0718 e. The quantitative estimate of drug-likeness (QED) is 0.871. The predicted octanol–water partition coefficient (Wildman–Crippen LogP) is 1.85. The van der Waals surface area contributed by atoms with Crippen molar-refractivity contribution >= 4 is 0 Å². The van der Waals surface area contributed by atoms with E-state index in [0.29, 0.717) is 6.04 Å². The minimum atomic E-state index is 0.107. The molecule has 0 spiro atoms. The van der Waals surface area contributed by atoms with Crippen LogP contribution in [0.2, 0.25) is 0 Å². The minimum absolute atomic E-state index is 0.107. The number of aromatic nitrogens is 2. The average Bonchev–Trinajstić information content (AvgIpc) is 2.77. The summed E-state index contributed by atoms with van der Waals surface area (Å²) in [5.41, 5.74) is 3.30. The molecule has 1 N–H and O–H groups in total. The van der Waals surface area contributed by atoms with Crippen molar-refractivity contribution in [3.05, 3.63) is 17.0 Å². The van der Waals surface area contributed by atoms with E-state index >= 15 is 0 Å². The summed E-state index contributed by atoms with van der Waals surface area (Å²) < 4.78 is 7.54. The van der Waals surface area contributed by atoms with Gasteiger partial charge < -0.3 is 9.84 Å². The van der Waals surface area contributed by atoms with Crippen LogP contribution in [0.3, 0.4) is 0 Å². The van der Waals surface area contributed by atoms with Crippen molar-refractivity contribution in [2.45, 2.75) is 52.2 Å². The van der Waals surface area contributed by atoms with Gasteiger partial charge in [-0.3, -0.25) is 4.68 Å². The summed E-state index contributed by atoms with van der Waals surface area (Å²) in [7, 11) is 0. The Morgan fingerprint density at radius 3 is 2.53 bits per heavy atom. The molecule has 1 aliphatic heterocycles. The predicted molar refractivity (Wildman–Crippen MR) is 66.0 cm³/mol. The highest BCUT2D eigenvalue weighted by molar-refractivity contribution is 5.26. The number of ether oxygens (including phenoxy) is 1. The van der Waals surface area contributed by atoms with E-state index in [-0.39, 0.29) is 6.61 Å². The maximum atomic E-state index is 9.50. The lowest BCUT2D eigenvalue weighted by molar-refractivity contribution is 0.0653. The molecule has 4 heteroatoms. The van der Waals surface area contributed by atoms with Crippen molar-refractivity contribution in [2.24, 2.45) is 0 Å². The second-order valence-corrected chi connectivity index (χ2v) is 4.53. The van der Waals surface area contributed by atoms with Crippen LogP contribution in [0.15, 0.2) is 0 Å². The lowest BCUT2D eigenvalue weighted by Gasteiger charge is -2.24. The van der Waals surface area contributed by atoms with Crippen LogP contribution in [-0.2, 0) is 24.2 Å². The third-order valence-corrected chi connectivity index (χ3v) is 3.57. The van der Waals surface area contributed by atoms with Gasteiger partial charge in [0, 0.05) is 24.5 Å². The monoisotopic (exact) mass is 238 g/mol. The Morgan fingerprint density at radius 2 is 2.00 bits per heavy atom. The van der Waals surface area contributed by atoms with Crippen LogP contribution >= 0.6 is 0 Å². The van der Waals surface area contributed by atoms with E-state index < -0.39 is 0 Å². The van der Waals surface area contributed by atoms with Gasteiger partial charge in [-0.25, -0.2) is 0 Å². The first kappa shape index (κ1) is 12.6. The van der Waals surface area contributed by atoms with Crippen LogP contribution in [0.5, 0.6) is 0 Å². The minimum Gasteiger partial charge on any atom is -0.392 e. The van der Waals surface area contributed by atoms with E-state index in [4.69, 9.17) is 9.84 Å². The van der Waals surface area contributed by atoms with Gasteiger partial charge >= 0.3 is 0 Å². The smallest absolute Gasteiger partial charge is 0.0718 e. The van der Waals surface area contributed by atoms with Crippen molar-refractivity contribution in [1.82, 2.24) is 9.78 Å². The fourth-order valence-corrected chi connectivity index (χ4v) is 2.63. The first-order chi connectivity index (χ1) is 8.31. The molecule has 0 amide bonds. The molecule has 1 saturated heterocycles. The van der Waals surface area contributed by atoms with Gasteiger partial charge in [0.2, 0.25) is 0 Å². The van der Waals surface area contributed by atoms with Crippen molar-refractivity contribution in [3.63, 3.8) is 0 Å². The molecule has 1 aromatic heterocycles. The summed E-state index contributed by atoms with van der Waals surface area (Å²) in [5, 5.41) is 14.2. The Balaban J connectivity index is 2.34. The highest BCUT2D eigenvalue weighted by atomic mass is 16.5. The van der Waals surface area contributed by atoms with Gasteiger partial charge in [0.25, 0.3) is 0 Å². The molecule has 1 aliphatic rings. The molecule has 0 aromatic carbocycles. The van der Waals surface area contributed by atoms with Gasteiger partial charge in [0.15, 0.2) is 0 Å². The Bertz CT molecular complexity index is 368. The summed E-state index contributed by atoms with van der Waals surface area (Å²) in [5.74, 6) is 0. The molecule has 1 fully saturated rings.